The van der Waals surface area contributed by atoms with Crippen molar-refractivity contribution in [2.45, 2.75) is 116 Å². The molecular weight excluding hydrogens is 542 g/mol. The highest BCUT2D eigenvalue weighted by molar-refractivity contribution is 5.88. The molecule has 8 heteroatoms. The van der Waals surface area contributed by atoms with E-state index in [1.807, 2.05) is 69.3 Å². The van der Waals surface area contributed by atoms with Gasteiger partial charge >= 0.3 is 0 Å². The quantitative estimate of drug-likeness (QED) is 0.373. The highest BCUT2D eigenvalue weighted by atomic mass is 16.7. The van der Waals surface area contributed by atoms with Crippen molar-refractivity contribution in [3.05, 3.63) is 65.2 Å². The second kappa shape index (κ2) is 13.5. The zero-order valence-electron chi connectivity index (χ0n) is 26.3. The summed E-state index contributed by atoms with van der Waals surface area (Å²) < 4.78 is 13.5. The first kappa shape index (κ1) is 31.6. The summed E-state index contributed by atoms with van der Waals surface area (Å²) in [5.74, 6) is 0.578. The van der Waals surface area contributed by atoms with Crippen molar-refractivity contribution in [3.8, 4) is 0 Å². The lowest BCUT2D eigenvalue weighted by atomic mass is 9.75. The molecule has 43 heavy (non-hydrogen) atoms. The number of rotatable bonds is 7. The Hall–Kier alpha value is -2.78. The number of nitrogens with zero attached hydrogens (tertiary/aromatic N) is 1. The molecule has 3 N–H and O–H groups in total. The molecule has 0 bridgehead atoms. The van der Waals surface area contributed by atoms with Crippen LogP contribution < -0.4 is 10.6 Å². The van der Waals surface area contributed by atoms with Crippen molar-refractivity contribution in [2.24, 2.45) is 11.8 Å². The molecule has 3 aliphatic rings. The summed E-state index contributed by atoms with van der Waals surface area (Å²) >= 11 is 0. The van der Waals surface area contributed by atoms with Gasteiger partial charge in [-0.05, 0) is 75.6 Å². The Kier molecular flexibility index (Phi) is 9.91. The zero-order chi connectivity index (χ0) is 30.7. The van der Waals surface area contributed by atoms with Gasteiger partial charge < -0.3 is 25.2 Å². The first-order chi connectivity index (χ1) is 20.5. The van der Waals surface area contributed by atoms with E-state index in [9.17, 15) is 14.7 Å². The number of benzene rings is 2. The first-order valence-corrected chi connectivity index (χ1v) is 16.0. The summed E-state index contributed by atoms with van der Waals surface area (Å²) in [5, 5.41) is 15.7. The lowest BCUT2D eigenvalue weighted by Crippen LogP contribution is -2.61. The number of aliphatic hydroxyl groups excluding tert-OH is 1. The number of hydrogen-bond donors (Lipinski definition) is 3. The number of aliphatic hydroxyl groups is 1. The minimum atomic E-state index is -0.647. The van der Waals surface area contributed by atoms with Crippen LogP contribution in [-0.4, -0.2) is 52.1 Å². The normalized spacial score (nSPS) is 29.9. The van der Waals surface area contributed by atoms with Crippen molar-refractivity contribution >= 4 is 17.5 Å². The summed E-state index contributed by atoms with van der Waals surface area (Å²) in [6.45, 7) is 10.4. The Bertz CT molecular complexity index is 1260. The molecule has 234 valence electrons. The molecule has 0 spiro atoms. The molecule has 0 aromatic heterocycles. The van der Waals surface area contributed by atoms with E-state index < -0.39 is 6.29 Å². The fourth-order valence-corrected chi connectivity index (χ4v) is 7.23. The molecule has 0 radical (unpaired) electrons. The van der Waals surface area contributed by atoms with Crippen LogP contribution in [-0.2, 0) is 25.7 Å². The van der Waals surface area contributed by atoms with Gasteiger partial charge in [-0.25, -0.2) is 0 Å². The highest BCUT2D eigenvalue weighted by Gasteiger charge is 2.46. The number of amides is 2. The number of hydrogen-bond acceptors (Lipinski definition) is 6. The molecule has 2 heterocycles. The largest absolute Gasteiger partial charge is 0.392 e. The van der Waals surface area contributed by atoms with E-state index in [1.165, 1.54) is 26.2 Å². The van der Waals surface area contributed by atoms with Crippen LogP contribution in [0.2, 0.25) is 0 Å². The first-order valence-electron chi connectivity index (χ1n) is 16.0. The Morgan fingerprint density at radius 2 is 1.72 bits per heavy atom. The fourth-order valence-electron chi connectivity index (χ4n) is 7.23. The number of likely N-dealkylation sites (tertiary alicyclic amines) is 1. The number of carbonyl (C=O) groups excluding carboxylic acids is 2. The molecule has 7 unspecified atom stereocenters. The predicted molar refractivity (Wildman–Crippen MR) is 167 cm³/mol. The van der Waals surface area contributed by atoms with E-state index in [1.54, 1.807) is 0 Å². The highest BCUT2D eigenvalue weighted by Crippen LogP contribution is 2.44. The maximum Gasteiger partial charge on any atom is 0.237 e. The number of nitrogens with one attached hydrogen (secondary N) is 2. The van der Waals surface area contributed by atoms with E-state index in [2.05, 4.69) is 22.5 Å². The molecule has 2 saturated heterocycles. The van der Waals surface area contributed by atoms with E-state index in [-0.39, 0.29) is 48.1 Å². The van der Waals surface area contributed by atoms with Gasteiger partial charge in [0.25, 0.3) is 0 Å². The Morgan fingerprint density at radius 3 is 2.42 bits per heavy atom. The van der Waals surface area contributed by atoms with Gasteiger partial charge in [0.15, 0.2) is 6.29 Å². The third-order valence-electron chi connectivity index (χ3n) is 9.30. The van der Waals surface area contributed by atoms with Crippen LogP contribution in [0.1, 0.15) is 102 Å². The van der Waals surface area contributed by atoms with Crippen LogP contribution in [0.15, 0.2) is 48.5 Å². The number of fused-ring (bicyclic) bond motifs is 1. The van der Waals surface area contributed by atoms with Crippen LogP contribution in [0.25, 0.3) is 0 Å². The van der Waals surface area contributed by atoms with Gasteiger partial charge in [0.2, 0.25) is 11.8 Å². The number of piperidine rings is 1. The third kappa shape index (κ3) is 7.66. The van der Waals surface area contributed by atoms with Crippen molar-refractivity contribution in [1.29, 1.82) is 0 Å². The fraction of sp³-hybridized carbons (Fsp3) is 0.600. The number of ether oxygens (including phenoxy) is 2. The van der Waals surface area contributed by atoms with Gasteiger partial charge in [0.05, 0.1) is 24.9 Å². The van der Waals surface area contributed by atoms with E-state index >= 15 is 0 Å². The topological polar surface area (TPSA) is 100 Å². The summed E-state index contributed by atoms with van der Waals surface area (Å²) in [4.78, 5) is 27.9. The number of anilines is 1. The second-order valence-electron chi connectivity index (χ2n) is 13.8. The van der Waals surface area contributed by atoms with Gasteiger partial charge in [0, 0.05) is 42.2 Å². The van der Waals surface area contributed by atoms with E-state index in [0.29, 0.717) is 24.2 Å². The monoisotopic (exact) mass is 591 g/mol. The second-order valence-corrected chi connectivity index (χ2v) is 13.8. The van der Waals surface area contributed by atoms with Crippen molar-refractivity contribution in [3.63, 3.8) is 0 Å². The van der Waals surface area contributed by atoms with Gasteiger partial charge in [-0.3, -0.25) is 14.5 Å². The van der Waals surface area contributed by atoms with Crippen LogP contribution in [0.4, 0.5) is 5.69 Å². The van der Waals surface area contributed by atoms with E-state index in [0.717, 1.165) is 36.0 Å². The van der Waals surface area contributed by atoms with Crippen molar-refractivity contribution in [1.82, 2.24) is 10.2 Å². The number of carbonyl (C=O) groups is 2. The molecule has 2 aliphatic heterocycles. The zero-order valence-corrected chi connectivity index (χ0v) is 26.3. The SMILES string of the molecule is CC(=O)Nc1cccc(C2OC(CN3C(C(=O)NC(C)(C)C)CCC4CCCCC43)C(C)C(c3ccc(CO)cc3)O2)c1. The van der Waals surface area contributed by atoms with Gasteiger partial charge in [-0.15, -0.1) is 0 Å². The van der Waals surface area contributed by atoms with Gasteiger partial charge in [-0.1, -0.05) is 56.2 Å². The summed E-state index contributed by atoms with van der Waals surface area (Å²) in [5.41, 5.74) is 3.10. The maximum absolute atomic E-state index is 13.7. The van der Waals surface area contributed by atoms with E-state index in [4.69, 9.17) is 9.47 Å². The van der Waals surface area contributed by atoms with Gasteiger partial charge in [0.1, 0.15) is 0 Å². The third-order valence-corrected chi connectivity index (χ3v) is 9.30. The van der Waals surface area contributed by atoms with Crippen LogP contribution in [0.5, 0.6) is 0 Å². The van der Waals surface area contributed by atoms with Crippen molar-refractivity contribution < 1.29 is 24.2 Å². The molecule has 2 aromatic carbocycles. The lowest BCUT2D eigenvalue weighted by molar-refractivity contribution is -0.278. The van der Waals surface area contributed by atoms with Crippen LogP contribution in [0.3, 0.4) is 0 Å². The average Bonchev–Trinajstić information content (AvgIpc) is 2.97. The summed E-state index contributed by atoms with van der Waals surface area (Å²) in [6.07, 6.45) is 5.62. The molecule has 1 aliphatic carbocycles. The molecule has 7 atom stereocenters. The maximum atomic E-state index is 13.7. The standard InChI is InChI=1S/C35H49N3O5/c1-22-31(20-38-29-12-7-6-9-25(29)17-18-30(38)33(41)37-35(3,4)5)42-34(27-10-8-11-28(19-27)36-23(2)40)43-32(22)26-15-13-24(21-39)14-16-26/h8,10-11,13-16,19,22,25,29-32,34,39H,6-7,9,12,17-18,20-21H2,1-5H3,(H,36,40)(H,37,41). The molecule has 2 aromatic rings. The average molecular weight is 592 g/mol. The molecular formula is C35H49N3O5. The van der Waals surface area contributed by atoms with Crippen molar-refractivity contribution in [2.75, 3.05) is 11.9 Å². The Morgan fingerprint density at radius 1 is 0.977 bits per heavy atom. The summed E-state index contributed by atoms with van der Waals surface area (Å²) in [6, 6.07) is 15.7. The molecule has 8 nitrogen and oxygen atoms in total. The van der Waals surface area contributed by atoms with Crippen LogP contribution >= 0.6 is 0 Å². The molecule has 2 amide bonds. The van der Waals surface area contributed by atoms with Gasteiger partial charge in [-0.2, -0.15) is 0 Å². The lowest BCUT2D eigenvalue weighted by Gasteiger charge is -2.51. The predicted octanol–water partition coefficient (Wildman–Crippen LogP) is 5.87. The smallest absolute Gasteiger partial charge is 0.237 e. The summed E-state index contributed by atoms with van der Waals surface area (Å²) in [7, 11) is 0. The molecule has 5 rings (SSSR count). The minimum absolute atomic E-state index is 0.00467. The minimum Gasteiger partial charge on any atom is -0.392 e. The Labute approximate surface area is 256 Å². The Balaban J connectivity index is 1.47. The molecule has 3 fully saturated rings. The van der Waals surface area contributed by atoms with Crippen LogP contribution in [0, 0.1) is 11.8 Å². The molecule has 1 saturated carbocycles.